The second kappa shape index (κ2) is 9.45. The zero-order valence-corrected chi connectivity index (χ0v) is 18.0. The van der Waals surface area contributed by atoms with Crippen LogP contribution < -0.4 is 11.1 Å². The number of benzene rings is 1. The molecule has 7 nitrogen and oxygen atoms in total. The highest BCUT2D eigenvalue weighted by Gasteiger charge is 2.42. The molecule has 2 amide bonds. The number of aliphatic hydroxyl groups excluding tert-OH is 1. The van der Waals surface area contributed by atoms with Gasteiger partial charge < -0.3 is 25.6 Å². The van der Waals surface area contributed by atoms with E-state index in [4.69, 9.17) is 17.3 Å². The molecular formula is C19H28ClN3O4S. The first-order chi connectivity index (χ1) is 13.0. The molecule has 0 radical (unpaired) electrons. The summed E-state index contributed by atoms with van der Waals surface area (Å²) >= 11 is 4.83. The van der Waals surface area contributed by atoms with Crippen LogP contribution in [0.25, 0.3) is 0 Å². The zero-order valence-electron chi connectivity index (χ0n) is 16.4. The topological polar surface area (TPSA) is 119 Å². The first-order valence-corrected chi connectivity index (χ1v) is 11.0. The number of aliphatic hydroxyl groups is 1. The van der Waals surface area contributed by atoms with Crippen LogP contribution in [0, 0.1) is 5.41 Å². The minimum atomic E-state index is -1.24. The highest BCUT2D eigenvalue weighted by molar-refractivity contribution is 7.91. The minimum absolute atomic E-state index is 0.0493. The first kappa shape index (κ1) is 23.0. The van der Waals surface area contributed by atoms with E-state index in [1.165, 1.54) is 4.90 Å². The fourth-order valence-electron chi connectivity index (χ4n) is 2.97. The van der Waals surface area contributed by atoms with Gasteiger partial charge in [0.15, 0.2) is 6.04 Å². The first-order valence-electron chi connectivity index (χ1n) is 9.13. The van der Waals surface area contributed by atoms with Crippen molar-refractivity contribution < 1.29 is 19.2 Å². The van der Waals surface area contributed by atoms with E-state index in [1.807, 2.05) is 0 Å². The molecular weight excluding hydrogens is 402 g/mol. The Morgan fingerprint density at radius 3 is 2.71 bits per heavy atom. The summed E-state index contributed by atoms with van der Waals surface area (Å²) in [5, 5.41) is 13.7. The SMILES string of the molecule is CC(C)(C)C(O)C(=O)N1CC[S+]([O-])C[C@H]1C(=O)NCc1cc(Cl)ccc1CN. The summed E-state index contributed by atoms with van der Waals surface area (Å²) < 4.78 is 12.0. The van der Waals surface area contributed by atoms with Crippen LogP contribution >= 0.6 is 11.6 Å². The molecule has 0 spiro atoms. The molecule has 3 atom stereocenters. The van der Waals surface area contributed by atoms with E-state index >= 15 is 0 Å². The molecule has 0 bridgehead atoms. The Hall–Kier alpha value is -1.32. The lowest BCUT2D eigenvalue weighted by molar-refractivity contribution is -0.151. The predicted molar refractivity (Wildman–Crippen MR) is 110 cm³/mol. The summed E-state index contributed by atoms with van der Waals surface area (Å²) in [6, 6.07) is 4.37. The number of halogens is 1. The minimum Gasteiger partial charge on any atom is -0.616 e. The molecule has 2 unspecified atom stereocenters. The molecule has 0 saturated carbocycles. The molecule has 28 heavy (non-hydrogen) atoms. The summed E-state index contributed by atoms with van der Waals surface area (Å²) in [5.74, 6) is -0.591. The van der Waals surface area contributed by atoms with Gasteiger partial charge in [-0.1, -0.05) is 38.4 Å². The summed E-state index contributed by atoms with van der Waals surface area (Å²) in [6.45, 7) is 5.92. The normalized spacial score (nSPS) is 21.3. The van der Waals surface area contributed by atoms with E-state index in [9.17, 15) is 19.2 Å². The lowest BCUT2D eigenvalue weighted by Gasteiger charge is -2.38. The molecule has 1 aliphatic rings. The fourth-order valence-corrected chi connectivity index (χ4v) is 4.42. The lowest BCUT2D eigenvalue weighted by atomic mass is 9.88. The summed E-state index contributed by atoms with van der Waals surface area (Å²) in [7, 11) is 0. The summed E-state index contributed by atoms with van der Waals surface area (Å²) in [6.07, 6.45) is -1.24. The van der Waals surface area contributed by atoms with E-state index < -0.39 is 40.6 Å². The largest absolute Gasteiger partial charge is 0.616 e. The number of nitrogens with two attached hydrogens (primary N) is 1. The van der Waals surface area contributed by atoms with Gasteiger partial charge in [-0.25, -0.2) is 0 Å². The highest BCUT2D eigenvalue weighted by Crippen LogP contribution is 2.24. The third-order valence-corrected chi connectivity index (χ3v) is 6.32. The number of amides is 2. The number of nitrogens with one attached hydrogen (secondary N) is 1. The van der Waals surface area contributed by atoms with Crippen molar-refractivity contribution in [2.45, 2.75) is 46.0 Å². The van der Waals surface area contributed by atoms with Crippen LogP contribution in [0.2, 0.25) is 5.02 Å². The molecule has 4 N–H and O–H groups in total. The molecule has 0 aromatic heterocycles. The molecule has 0 aliphatic carbocycles. The molecule has 1 heterocycles. The Bertz CT molecular complexity index is 726. The number of carbonyl (C=O) groups excluding carboxylic acids is 2. The Morgan fingerprint density at radius 1 is 1.43 bits per heavy atom. The Balaban J connectivity index is 2.14. The number of rotatable bonds is 5. The van der Waals surface area contributed by atoms with Gasteiger partial charge >= 0.3 is 0 Å². The van der Waals surface area contributed by atoms with Crippen LogP contribution in [0.15, 0.2) is 18.2 Å². The molecule has 1 fully saturated rings. The van der Waals surface area contributed by atoms with Crippen molar-refractivity contribution >= 4 is 34.6 Å². The summed E-state index contributed by atoms with van der Waals surface area (Å²) in [5.41, 5.74) is 6.71. The average Bonchev–Trinajstić information content (AvgIpc) is 2.64. The van der Waals surface area contributed by atoms with Gasteiger partial charge in [0, 0.05) is 18.1 Å². The van der Waals surface area contributed by atoms with E-state index in [-0.39, 0.29) is 24.6 Å². The van der Waals surface area contributed by atoms with Crippen molar-refractivity contribution in [2.75, 3.05) is 18.1 Å². The van der Waals surface area contributed by atoms with Crippen molar-refractivity contribution in [3.05, 3.63) is 34.3 Å². The number of carbonyl (C=O) groups is 2. The van der Waals surface area contributed by atoms with Crippen LogP contribution in [0.4, 0.5) is 0 Å². The lowest BCUT2D eigenvalue weighted by Crippen LogP contribution is -2.60. The van der Waals surface area contributed by atoms with Crippen molar-refractivity contribution in [3.63, 3.8) is 0 Å². The second-order valence-corrected chi connectivity index (χ2v) is 10.0. The third-order valence-electron chi connectivity index (χ3n) is 4.76. The van der Waals surface area contributed by atoms with Gasteiger partial charge in [-0.05, 0) is 39.9 Å². The Kier molecular flexibility index (Phi) is 7.75. The molecule has 1 aromatic carbocycles. The predicted octanol–water partition coefficient (Wildman–Crippen LogP) is 0.781. The molecule has 9 heteroatoms. The average molecular weight is 430 g/mol. The van der Waals surface area contributed by atoms with Crippen molar-refractivity contribution in [1.82, 2.24) is 10.2 Å². The van der Waals surface area contributed by atoms with Gasteiger partial charge in [-0.2, -0.15) is 0 Å². The molecule has 1 aliphatic heterocycles. The molecule has 156 valence electrons. The second-order valence-electron chi connectivity index (χ2n) is 7.96. The van der Waals surface area contributed by atoms with Crippen molar-refractivity contribution in [2.24, 2.45) is 11.1 Å². The standard InChI is InChI=1S/C19H28ClN3O4S/c1-19(2,3)16(24)18(26)23-6-7-28(27)11-15(23)17(25)22-10-13-8-14(20)5-4-12(13)9-21/h4-5,8,15-16,24H,6-7,9-11,21H2,1-3H3,(H,22,25)/t15-,16?,28?/m0/s1. The smallest absolute Gasteiger partial charge is 0.252 e. The Labute approximate surface area is 173 Å². The van der Waals surface area contributed by atoms with E-state index in [2.05, 4.69) is 5.32 Å². The molecule has 1 aromatic rings. The third kappa shape index (κ3) is 5.61. The van der Waals surface area contributed by atoms with Crippen LogP contribution in [0.3, 0.4) is 0 Å². The number of hydrogen-bond acceptors (Lipinski definition) is 5. The van der Waals surface area contributed by atoms with Crippen LogP contribution in [0.1, 0.15) is 31.9 Å². The van der Waals surface area contributed by atoms with Crippen molar-refractivity contribution in [1.29, 1.82) is 0 Å². The van der Waals surface area contributed by atoms with Gasteiger partial charge in [0.2, 0.25) is 5.91 Å². The fraction of sp³-hybridized carbons (Fsp3) is 0.579. The quantitative estimate of drug-likeness (QED) is 0.597. The monoisotopic (exact) mass is 429 g/mol. The zero-order chi connectivity index (χ0) is 21.1. The van der Waals surface area contributed by atoms with E-state index in [0.717, 1.165) is 11.1 Å². The van der Waals surface area contributed by atoms with Gasteiger partial charge in [0.05, 0.1) is 6.54 Å². The van der Waals surface area contributed by atoms with Crippen LogP contribution in [0.5, 0.6) is 0 Å². The van der Waals surface area contributed by atoms with Crippen LogP contribution in [-0.4, -0.2) is 56.6 Å². The number of nitrogens with zero attached hydrogens (tertiary/aromatic N) is 1. The van der Waals surface area contributed by atoms with Gasteiger partial charge in [-0.3, -0.25) is 9.59 Å². The van der Waals surface area contributed by atoms with Gasteiger partial charge in [0.1, 0.15) is 17.6 Å². The highest BCUT2D eigenvalue weighted by atomic mass is 35.5. The van der Waals surface area contributed by atoms with E-state index in [1.54, 1.807) is 39.0 Å². The van der Waals surface area contributed by atoms with E-state index in [0.29, 0.717) is 11.6 Å². The maximum Gasteiger partial charge on any atom is 0.252 e. The van der Waals surface area contributed by atoms with Gasteiger partial charge in [0.25, 0.3) is 5.91 Å². The summed E-state index contributed by atoms with van der Waals surface area (Å²) in [4.78, 5) is 26.9. The van der Waals surface area contributed by atoms with Crippen molar-refractivity contribution in [3.8, 4) is 0 Å². The maximum absolute atomic E-state index is 12.8. The number of hydrogen-bond donors (Lipinski definition) is 3. The van der Waals surface area contributed by atoms with Crippen LogP contribution in [-0.2, 0) is 33.9 Å². The molecule has 1 saturated heterocycles. The Morgan fingerprint density at radius 2 is 2.11 bits per heavy atom. The molecule has 2 rings (SSSR count). The maximum atomic E-state index is 12.8. The van der Waals surface area contributed by atoms with Gasteiger partial charge in [-0.15, -0.1) is 0 Å².